The van der Waals surface area contributed by atoms with Gasteiger partial charge in [0.2, 0.25) is 0 Å². The first-order chi connectivity index (χ1) is 17.9. The van der Waals surface area contributed by atoms with E-state index in [0.717, 1.165) is 43.0 Å². The number of hydrogen-bond donors (Lipinski definition) is 0. The van der Waals surface area contributed by atoms with Crippen molar-refractivity contribution < 1.29 is 19.1 Å². The molecule has 196 valence electrons. The molecular formula is C27H29Cl2N3O5. The first kappa shape index (κ1) is 27.0. The molecule has 1 fully saturated rings. The number of halogens is 2. The monoisotopic (exact) mass is 545 g/mol. The van der Waals surface area contributed by atoms with E-state index >= 15 is 0 Å². The Labute approximate surface area is 226 Å². The predicted molar refractivity (Wildman–Crippen MR) is 145 cm³/mol. The number of methoxy groups -OCH3 is 2. The summed E-state index contributed by atoms with van der Waals surface area (Å²) in [6, 6.07) is 18.0. The molecule has 0 bridgehead atoms. The van der Waals surface area contributed by atoms with Crippen LogP contribution in [0.5, 0.6) is 11.5 Å². The average molecular weight is 546 g/mol. The Morgan fingerprint density at radius 1 is 0.919 bits per heavy atom. The summed E-state index contributed by atoms with van der Waals surface area (Å²) >= 11 is 12.5. The van der Waals surface area contributed by atoms with Gasteiger partial charge in [-0.1, -0.05) is 29.3 Å². The predicted octanol–water partition coefficient (Wildman–Crippen LogP) is 5.83. The normalized spacial score (nSPS) is 16.0. The maximum absolute atomic E-state index is 10.9. The summed E-state index contributed by atoms with van der Waals surface area (Å²) < 4.78 is 17.0. The van der Waals surface area contributed by atoms with Crippen LogP contribution >= 0.6 is 23.2 Å². The largest absolute Gasteiger partial charge is 0.493 e. The molecule has 0 spiro atoms. The highest BCUT2D eigenvalue weighted by atomic mass is 35.5. The Hall–Kier alpha value is -3.04. The lowest BCUT2D eigenvalue weighted by molar-refractivity contribution is -0.384. The number of nitro groups is 1. The molecule has 1 unspecified atom stereocenters. The van der Waals surface area contributed by atoms with Gasteiger partial charge in [0.1, 0.15) is 0 Å². The summed E-state index contributed by atoms with van der Waals surface area (Å²) in [4.78, 5) is 15.2. The van der Waals surface area contributed by atoms with Crippen molar-refractivity contribution in [2.24, 2.45) is 0 Å². The van der Waals surface area contributed by atoms with Crippen LogP contribution in [0.25, 0.3) is 0 Å². The van der Waals surface area contributed by atoms with Crippen LogP contribution in [-0.2, 0) is 17.9 Å². The molecule has 0 N–H and O–H groups in total. The van der Waals surface area contributed by atoms with Crippen molar-refractivity contribution in [2.45, 2.75) is 19.2 Å². The standard InChI is InChI=1S/C27H29Cl2N3O5/c1-35-26-8-5-20(11-27(26)36-2)15-30-9-10-31(24-13-21(28)12-22(29)14-24)16-25(30)18-37-17-19-3-6-23(7-4-19)32(33)34/h3-8,11-14,25H,9-10,15-18H2,1-2H3. The second-order valence-corrected chi connectivity index (χ2v) is 9.70. The molecule has 8 nitrogen and oxygen atoms in total. The molecule has 1 saturated heterocycles. The molecule has 0 aromatic heterocycles. The van der Waals surface area contributed by atoms with Gasteiger partial charge in [0.25, 0.3) is 5.69 Å². The Kier molecular flexibility index (Phi) is 9.10. The minimum atomic E-state index is -0.407. The molecule has 37 heavy (non-hydrogen) atoms. The molecule has 4 rings (SSSR count). The fraction of sp³-hybridized carbons (Fsp3) is 0.333. The van der Waals surface area contributed by atoms with Gasteiger partial charge < -0.3 is 19.1 Å². The fourth-order valence-corrected chi connectivity index (χ4v) is 4.97. The minimum Gasteiger partial charge on any atom is -0.493 e. The third kappa shape index (κ3) is 7.05. The molecule has 1 aliphatic heterocycles. The van der Waals surface area contributed by atoms with E-state index in [1.165, 1.54) is 12.1 Å². The molecule has 1 atom stereocenters. The Morgan fingerprint density at radius 3 is 2.24 bits per heavy atom. The average Bonchev–Trinajstić information content (AvgIpc) is 2.89. The fourth-order valence-electron chi connectivity index (χ4n) is 4.46. The highest BCUT2D eigenvalue weighted by Gasteiger charge is 2.28. The number of hydrogen-bond acceptors (Lipinski definition) is 7. The van der Waals surface area contributed by atoms with Crippen molar-refractivity contribution in [1.29, 1.82) is 0 Å². The quantitative estimate of drug-likeness (QED) is 0.234. The molecule has 3 aromatic rings. The van der Waals surface area contributed by atoms with Gasteiger partial charge >= 0.3 is 0 Å². The van der Waals surface area contributed by atoms with E-state index in [9.17, 15) is 10.1 Å². The summed E-state index contributed by atoms with van der Waals surface area (Å²) in [5.74, 6) is 1.38. The van der Waals surface area contributed by atoms with Crippen molar-refractivity contribution >= 4 is 34.6 Å². The second kappa shape index (κ2) is 12.5. The van der Waals surface area contributed by atoms with Crippen LogP contribution in [0.3, 0.4) is 0 Å². The van der Waals surface area contributed by atoms with Crippen molar-refractivity contribution in [3.05, 3.63) is 92.0 Å². The third-order valence-electron chi connectivity index (χ3n) is 6.38. The number of piperazine rings is 1. The van der Waals surface area contributed by atoms with E-state index in [1.54, 1.807) is 32.4 Å². The van der Waals surface area contributed by atoms with Crippen molar-refractivity contribution in [1.82, 2.24) is 4.90 Å². The van der Waals surface area contributed by atoms with Gasteiger partial charge in [-0.05, 0) is 53.6 Å². The van der Waals surface area contributed by atoms with Gasteiger partial charge in [0.05, 0.1) is 38.4 Å². The van der Waals surface area contributed by atoms with E-state index in [1.807, 2.05) is 30.3 Å². The third-order valence-corrected chi connectivity index (χ3v) is 6.81. The lowest BCUT2D eigenvalue weighted by Gasteiger charge is -2.42. The summed E-state index contributed by atoms with van der Waals surface area (Å²) in [7, 11) is 3.25. The van der Waals surface area contributed by atoms with Crippen LogP contribution in [0.15, 0.2) is 60.7 Å². The summed E-state index contributed by atoms with van der Waals surface area (Å²) in [5, 5.41) is 12.1. The molecule has 0 radical (unpaired) electrons. The van der Waals surface area contributed by atoms with Gasteiger partial charge in [0, 0.05) is 54.0 Å². The zero-order chi connectivity index (χ0) is 26.4. The van der Waals surface area contributed by atoms with E-state index < -0.39 is 4.92 Å². The lowest BCUT2D eigenvalue weighted by Crippen LogP contribution is -2.54. The molecule has 0 amide bonds. The Balaban J connectivity index is 1.48. The van der Waals surface area contributed by atoms with Crippen LogP contribution in [0.2, 0.25) is 10.0 Å². The summed E-state index contributed by atoms with van der Waals surface area (Å²) in [5.41, 5.74) is 3.03. The van der Waals surface area contributed by atoms with Crippen molar-refractivity contribution in [2.75, 3.05) is 45.4 Å². The van der Waals surface area contributed by atoms with Crippen molar-refractivity contribution in [3.63, 3.8) is 0 Å². The SMILES string of the molecule is COc1ccc(CN2CCN(c3cc(Cl)cc(Cl)c3)CC2COCc2ccc([N+](=O)[O-])cc2)cc1OC. The number of nitro benzene ring substituents is 1. The van der Waals surface area contributed by atoms with Gasteiger partial charge in [-0.15, -0.1) is 0 Å². The smallest absolute Gasteiger partial charge is 0.269 e. The molecule has 1 aliphatic rings. The number of anilines is 1. The number of ether oxygens (including phenoxy) is 3. The molecule has 3 aromatic carbocycles. The van der Waals surface area contributed by atoms with Crippen LogP contribution in [0.1, 0.15) is 11.1 Å². The molecule has 0 saturated carbocycles. The minimum absolute atomic E-state index is 0.0629. The molecule has 1 heterocycles. The van der Waals surface area contributed by atoms with Crippen LogP contribution in [0, 0.1) is 10.1 Å². The van der Waals surface area contributed by atoms with Crippen LogP contribution in [0.4, 0.5) is 11.4 Å². The molecule has 0 aliphatic carbocycles. The van der Waals surface area contributed by atoms with E-state index in [0.29, 0.717) is 34.8 Å². The number of rotatable bonds is 10. The number of non-ortho nitro benzene ring substituents is 1. The first-order valence-corrected chi connectivity index (χ1v) is 12.6. The zero-order valence-corrected chi connectivity index (χ0v) is 22.2. The Morgan fingerprint density at radius 2 is 1.59 bits per heavy atom. The van der Waals surface area contributed by atoms with E-state index in [4.69, 9.17) is 37.4 Å². The second-order valence-electron chi connectivity index (χ2n) is 8.83. The van der Waals surface area contributed by atoms with Gasteiger partial charge in [-0.25, -0.2) is 0 Å². The molecule has 10 heteroatoms. The van der Waals surface area contributed by atoms with E-state index in [-0.39, 0.29) is 11.7 Å². The topological polar surface area (TPSA) is 77.3 Å². The van der Waals surface area contributed by atoms with Gasteiger partial charge in [-0.2, -0.15) is 0 Å². The summed E-state index contributed by atoms with van der Waals surface area (Å²) in [6.07, 6.45) is 0. The number of benzene rings is 3. The highest BCUT2D eigenvalue weighted by Crippen LogP contribution is 2.30. The lowest BCUT2D eigenvalue weighted by atomic mass is 10.1. The maximum atomic E-state index is 10.9. The van der Waals surface area contributed by atoms with Gasteiger partial charge in [-0.3, -0.25) is 15.0 Å². The number of nitrogens with zero attached hydrogens (tertiary/aromatic N) is 3. The summed E-state index contributed by atoms with van der Waals surface area (Å²) in [6.45, 7) is 3.91. The molecular weight excluding hydrogens is 517 g/mol. The van der Waals surface area contributed by atoms with Crippen LogP contribution in [-0.4, -0.2) is 56.3 Å². The first-order valence-electron chi connectivity index (χ1n) is 11.8. The van der Waals surface area contributed by atoms with Crippen LogP contribution < -0.4 is 14.4 Å². The zero-order valence-electron chi connectivity index (χ0n) is 20.7. The van der Waals surface area contributed by atoms with Gasteiger partial charge in [0.15, 0.2) is 11.5 Å². The highest BCUT2D eigenvalue weighted by molar-refractivity contribution is 6.35. The maximum Gasteiger partial charge on any atom is 0.269 e. The Bertz CT molecular complexity index is 1200. The van der Waals surface area contributed by atoms with Crippen molar-refractivity contribution in [3.8, 4) is 11.5 Å². The van der Waals surface area contributed by atoms with E-state index in [2.05, 4.69) is 9.80 Å².